The minimum absolute atomic E-state index is 0.732. The smallest absolute Gasteiger partial charge is 0.0822 e. The lowest BCUT2D eigenvalue weighted by Crippen LogP contribution is -2.46. The first kappa shape index (κ1) is 12.3. The van der Waals surface area contributed by atoms with Crippen molar-refractivity contribution in [2.24, 2.45) is 0 Å². The number of benzene rings is 1. The highest BCUT2D eigenvalue weighted by Gasteiger charge is 2.18. The van der Waals surface area contributed by atoms with Crippen LogP contribution < -0.4 is 9.80 Å². The highest BCUT2D eigenvalue weighted by atomic mass is 35.5. The summed E-state index contributed by atoms with van der Waals surface area (Å²) in [6.45, 7) is 4.00. The Hall–Kier alpha value is -1.74. The van der Waals surface area contributed by atoms with E-state index in [4.69, 9.17) is 11.6 Å². The lowest BCUT2D eigenvalue weighted by molar-refractivity contribution is 0.653. The molecule has 0 unspecified atom stereocenters. The second-order valence-electron chi connectivity index (χ2n) is 4.64. The number of halogens is 1. The fraction of sp³-hybridized carbons (Fsp3) is 0.267. The van der Waals surface area contributed by atoms with Gasteiger partial charge in [0.05, 0.1) is 10.7 Å². The van der Waals surface area contributed by atoms with Crippen molar-refractivity contribution in [3.8, 4) is 0 Å². The van der Waals surface area contributed by atoms with Crippen LogP contribution >= 0.6 is 11.6 Å². The summed E-state index contributed by atoms with van der Waals surface area (Å²) in [7, 11) is 0. The zero-order valence-electron chi connectivity index (χ0n) is 10.7. The van der Waals surface area contributed by atoms with Gasteiger partial charge in [0.1, 0.15) is 0 Å². The summed E-state index contributed by atoms with van der Waals surface area (Å²) in [6, 6.07) is 12.5. The summed E-state index contributed by atoms with van der Waals surface area (Å²) in [4.78, 5) is 8.76. The van der Waals surface area contributed by atoms with Gasteiger partial charge in [-0.15, -0.1) is 0 Å². The topological polar surface area (TPSA) is 19.4 Å². The summed E-state index contributed by atoms with van der Waals surface area (Å²) < 4.78 is 0. The quantitative estimate of drug-likeness (QED) is 0.838. The SMILES string of the molecule is Clc1cnccc1N1CCN(c2ccccc2)CC1. The van der Waals surface area contributed by atoms with Crippen molar-refractivity contribution in [2.75, 3.05) is 36.0 Å². The first-order chi connectivity index (χ1) is 9.34. The predicted octanol–water partition coefficient (Wildman–Crippen LogP) is 3.06. The molecule has 4 heteroatoms. The number of nitrogens with zero attached hydrogens (tertiary/aromatic N) is 3. The van der Waals surface area contributed by atoms with Crippen molar-refractivity contribution >= 4 is 23.0 Å². The summed E-state index contributed by atoms with van der Waals surface area (Å²) >= 11 is 6.19. The van der Waals surface area contributed by atoms with Crippen LogP contribution in [0.4, 0.5) is 11.4 Å². The van der Waals surface area contributed by atoms with Crippen molar-refractivity contribution in [1.29, 1.82) is 0 Å². The van der Waals surface area contributed by atoms with E-state index in [1.165, 1.54) is 5.69 Å². The molecule has 0 amide bonds. The number of pyridine rings is 1. The third kappa shape index (κ3) is 2.66. The Balaban J connectivity index is 1.69. The number of hydrogen-bond donors (Lipinski definition) is 0. The second-order valence-corrected chi connectivity index (χ2v) is 5.04. The molecule has 1 aliphatic rings. The average Bonchev–Trinajstić information content (AvgIpc) is 2.49. The van der Waals surface area contributed by atoms with Crippen molar-refractivity contribution in [2.45, 2.75) is 0 Å². The number of aromatic nitrogens is 1. The molecule has 0 bridgehead atoms. The standard InChI is InChI=1S/C15H16ClN3/c16-14-12-17-7-6-15(14)19-10-8-18(9-11-19)13-4-2-1-3-5-13/h1-7,12H,8-11H2. The van der Waals surface area contributed by atoms with Gasteiger partial charge in [0.15, 0.2) is 0 Å². The molecule has 98 valence electrons. The van der Waals surface area contributed by atoms with Crippen LogP contribution in [0.3, 0.4) is 0 Å². The Morgan fingerprint density at radius 2 is 1.58 bits per heavy atom. The van der Waals surface area contributed by atoms with E-state index in [0.29, 0.717) is 0 Å². The minimum Gasteiger partial charge on any atom is -0.368 e. The molecule has 0 spiro atoms. The van der Waals surface area contributed by atoms with Gasteiger partial charge in [-0.3, -0.25) is 4.98 Å². The normalized spacial score (nSPS) is 15.6. The predicted molar refractivity (Wildman–Crippen MR) is 80.1 cm³/mol. The number of rotatable bonds is 2. The molecule has 3 nitrogen and oxygen atoms in total. The maximum Gasteiger partial charge on any atom is 0.0822 e. The number of piperazine rings is 1. The zero-order valence-corrected chi connectivity index (χ0v) is 11.4. The molecule has 2 heterocycles. The number of anilines is 2. The summed E-state index contributed by atoms with van der Waals surface area (Å²) in [5.41, 5.74) is 2.38. The highest BCUT2D eigenvalue weighted by molar-refractivity contribution is 6.33. The fourth-order valence-electron chi connectivity index (χ4n) is 2.47. The lowest BCUT2D eigenvalue weighted by Gasteiger charge is -2.37. The third-order valence-electron chi connectivity index (χ3n) is 3.49. The molecule has 1 fully saturated rings. The maximum absolute atomic E-state index is 6.19. The van der Waals surface area contributed by atoms with Crippen molar-refractivity contribution in [3.05, 3.63) is 53.8 Å². The molecule has 0 aliphatic carbocycles. The first-order valence-electron chi connectivity index (χ1n) is 6.49. The van der Waals surface area contributed by atoms with E-state index in [0.717, 1.165) is 36.9 Å². The molecule has 1 aliphatic heterocycles. The Kier molecular flexibility index (Phi) is 3.56. The Bertz CT molecular complexity index is 536. The summed E-state index contributed by atoms with van der Waals surface area (Å²) in [5, 5.41) is 0.732. The lowest BCUT2D eigenvalue weighted by atomic mass is 10.2. The first-order valence-corrected chi connectivity index (χ1v) is 6.87. The van der Waals surface area contributed by atoms with Crippen LogP contribution in [0.1, 0.15) is 0 Å². The number of hydrogen-bond acceptors (Lipinski definition) is 3. The van der Waals surface area contributed by atoms with Gasteiger partial charge in [-0.2, -0.15) is 0 Å². The molecule has 1 saturated heterocycles. The van der Waals surface area contributed by atoms with Gasteiger partial charge in [0.25, 0.3) is 0 Å². The highest BCUT2D eigenvalue weighted by Crippen LogP contribution is 2.26. The Labute approximate surface area is 118 Å². The Morgan fingerprint density at radius 1 is 0.895 bits per heavy atom. The van der Waals surface area contributed by atoms with E-state index in [1.807, 2.05) is 6.07 Å². The average molecular weight is 274 g/mol. The third-order valence-corrected chi connectivity index (χ3v) is 3.78. The van der Waals surface area contributed by atoms with E-state index >= 15 is 0 Å². The molecule has 0 saturated carbocycles. The zero-order chi connectivity index (χ0) is 13.1. The van der Waals surface area contributed by atoms with Crippen molar-refractivity contribution < 1.29 is 0 Å². The second kappa shape index (κ2) is 5.49. The summed E-state index contributed by atoms with van der Waals surface area (Å²) in [5.74, 6) is 0. The van der Waals surface area contributed by atoms with E-state index in [9.17, 15) is 0 Å². The maximum atomic E-state index is 6.19. The fourth-order valence-corrected chi connectivity index (χ4v) is 2.71. The molecular weight excluding hydrogens is 258 g/mol. The monoisotopic (exact) mass is 273 g/mol. The van der Waals surface area contributed by atoms with Crippen LogP contribution in [0, 0.1) is 0 Å². The van der Waals surface area contributed by atoms with Crippen LogP contribution in [-0.4, -0.2) is 31.2 Å². The molecule has 2 aromatic rings. The molecular formula is C15H16ClN3. The molecule has 0 atom stereocenters. The molecule has 0 radical (unpaired) electrons. The van der Waals surface area contributed by atoms with Gasteiger partial charge in [-0.05, 0) is 18.2 Å². The van der Waals surface area contributed by atoms with Crippen LogP contribution in [-0.2, 0) is 0 Å². The Morgan fingerprint density at radius 3 is 2.26 bits per heavy atom. The van der Waals surface area contributed by atoms with Gasteiger partial charge >= 0.3 is 0 Å². The molecule has 19 heavy (non-hydrogen) atoms. The molecule has 1 aromatic carbocycles. The van der Waals surface area contributed by atoms with Crippen LogP contribution in [0.15, 0.2) is 48.8 Å². The minimum atomic E-state index is 0.732. The number of para-hydroxylation sites is 1. The van der Waals surface area contributed by atoms with E-state index < -0.39 is 0 Å². The summed E-state index contributed by atoms with van der Waals surface area (Å²) in [6.07, 6.45) is 3.51. The van der Waals surface area contributed by atoms with Crippen LogP contribution in [0.2, 0.25) is 5.02 Å². The van der Waals surface area contributed by atoms with Crippen molar-refractivity contribution in [1.82, 2.24) is 4.98 Å². The van der Waals surface area contributed by atoms with Crippen LogP contribution in [0.25, 0.3) is 0 Å². The molecule has 3 rings (SSSR count). The largest absolute Gasteiger partial charge is 0.368 e. The van der Waals surface area contributed by atoms with Gasteiger partial charge in [-0.1, -0.05) is 29.8 Å². The van der Waals surface area contributed by atoms with E-state index in [2.05, 4.69) is 45.1 Å². The van der Waals surface area contributed by atoms with Gasteiger partial charge in [0, 0.05) is 44.3 Å². The van der Waals surface area contributed by atoms with E-state index in [-0.39, 0.29) is 0 Å². The van der Waals surface area contributed by atoms with E-state index in [1.54, 1.807) is 12.4 Å². The molecule has 1 aromatic heterocycles. The molecule has 0 N–H and O–H groups in total. The van der Waals surface area contributed by atoms with Crippen molar-refractivity contribution in [3.63, 3.8) is 0 Å². The van der Waals surface area contributed by atoms with Gasteiger partial charge < -0.3 is 9.80 Å². The van der Waals surface area contributed by atoms with Gasteiger partial charge in [0.2, 0.25) is 0 Å². The van der Waals surface area contributed by atoms with Gasteiger partial charge in [-0.25, -0.2) is 0 Å². The van der Waals surface area contributed by atoms with Crippen LogP contribution in [0.5, 0.6) is 0 Å².